The predicted molar refractivity (Wildman–Crippen MR) is 113 cm³/mol. The smallest absolute Gasteiger partial charge is 0.252 e. The molecule has 0 aliphatic carbocycles. The van der Waals surface area contributed by atoms with E-state index in [0.29, 0.717) is 17.7 Å². The summed E-state index contributed by atoms with van der Waals surface area (Å²) in [7, 11) is 1.57. The third-order valence-corrected chi connectivity index (χ3v) is 5.11. The first kappa shape index (κ1) is 19.7. The first-order valence-electron chi connectivity index (χ1n) is 9.44. The van der Waals surface area contributed by atoms with Crippen molar-refractivity contribution in [3.63, 3.8) is 0 Å². The highest BCUT2D eigenvalue weighted by molar-refractivity contribution is 5.96. The number of aryl methyl sites for hydroxylation is 3. The van der Waals surface area contributed by atoms with Crippen molar-refractivity contribution in [2.75, 3.05) is 12.4 Å². The second-order valence-electron chi connectivity index (χ2n) is 7.12. The first-order valence-corrected chi connectivity index (χ1v) is 9.44. The molecule has 1 amide bonds. The highest BCUT2D eigenvalue weighted by atomic mass is 16.5. The molecule has 0 saturated heterocycles. The minimum Gasteiger partial charge on any atom is -0.495 e. The van der Waals surface area contributed by atoms with Crippen LogP contribution in [0.2, 0.25) is 0 Å². The van der Waals surface area contributed by atoms with Crippen LogP contribution in [0.4, 0.5) is 5.69 Å². The number of hydrogen-bond acceptors (Lipinski definition) is 3. The fourth-order valence-electron chi connectivity index (χ4n) is 3.58. The van der Waals surface area contributed by atoms with Crippen LogP contribution < -0.4 is 15.6 Å². The highest BCUT2D eigenvalue weighted by Gasteiger charge is 2.24. The molecule has 2 aromatic carbocycles. The molecule has 0 radical (unpaired) electrons. The van der Waals surface area contributed by atoms with E-state index in [2.05, 4.69) is 5.32 Å². The number of ether oxygens (including phenoxy) is 1. The van der Waals surface area contributed by atoms with Gasteiger partial charge in [0.05, 0.1) is 12.6 Å². The molecule has 0 bridgehead atoms. The Hall–Kier alpha value is -3.08. The number of hydrogen-bond donors (Lipinski definition) is 1. The van der Waals surface area contributed by atoms with Crippen LogP contribution >= 0.6 is 0 Å². The molecule has 146 valence electrons. The van der Waals surface area contributed by atoms with Crippen LogP contribution in [0.1, 0.15) is 36.1 Å². The van der Waals surface area contributed by atoms with E-state index < -0.39 is 6.04 Å². The number of nitrogens with one attached hydrogen (secondary N) is 1. The number of anilines is 1. The number of benzene rings is 2. The zero-order chi connectivity index (χ0) is 20.4. The molecule has 28 heavy (non-hydrogen) atoms. The van der Waals surface area contributed by atoms with Gasteiger partial charge in [-0.3, -0.25) is 14.2 Å². The summed E-state index contributed by atoms with van der Waals surface area (Å²) in [6.07, 6.45) is 0.479. The Kier molecular flexibility index (Phi) is 5.54. The molecule has 3 aromatic rings. The van der Waals surface area contributed by atoms with Crippen molar-refractivity contribution in [1.29, 1.82) is 0 Å². The minimum atomic E-state index is -0.646. The van der Waals surface area contributed by atoms with Crippen LogP contribution in [0.5, 0.6) is 5.75 Å². The molecule has 1 heterocycles. The van der Waals surface area contributed by atoms with Crippen molar-refractivity contribution in [3.05, 3.63) is 69.5 Å². The standard InChI is InChI=1S/C23H26N2O3/c1-6-19(23(27)24-18-12-14(2)10-11-15(18)3)25-21(26)13-16(4)17-8-7-9-20(28-5)22(17)25/h7-13,19H,6H2,1-5H3,(H,24,27). The minimum absolute atomic E-state index is 0.211. The molecular weight excluding hydrogens is 352 g/mol. The zero-order valence-corrected chi connectivity index (χ0v) is 17.0. The average molecular weight is 378 g/mol. The van der Waals surface area contributed by atoms with Crippen LogP contribution in [-0.2, 0) is 4.79 Å². The van der Waals surface area contributed by atoms with E-state index in [1.165, 1.54) is 0 Å². The Balaban J connectivity index is 2.15. The van der Waals surface area contributed by atoms with E-state index >= 15 is 0 Å². The largest absolute Gasteiger partial charge is 0.495 e. The maximum absolute atomic E-state index is 13.2. The molecule has 0 aliphatic heterocycles. The van der Waals surface area contributed by atoms with Gasteiger partial charge in [0, 0.05) is 17.1 Å². The monoisotopic (exact) mass is 378 g/mol. The Morgan fingerprint density at radius 2 is 1.86 bits per heavy atom. The lowest BCUT2D eigenvalue weighted by Crippen LogP contribution is -2.33. The lowest BCUT2D eigenvalue weighted by atomic mass is 10.1. The van der Waals surface area contributed by atoms with Gasteiger partial charge in [-0.25, -0.2) is 0 Å². The lowest BCUT2D eigenvalue weighted by molar-refractivity contribution is -0.119. The summed E-state index contributed by atoms with van der Waals surface area (Å²) in [6, 6.07) is 12.5. The molecule has 1 aromatic heterocycles. The zero-order valence-electron chi connectivity index (χ0n) is 17.0. The van der Waals surface area contributed by atoms with Crippen molar-refractivity contribution in [1.82, 2.24) is 4.57 Å². The first-order chi connectivity index (χ1) is 13.4. The van der Waals surface area contributed by atoms with Gasteiger partial charge < -0.3 is 10.1 Å². The molecule has 3 rings (SSSR count). The molecule has 5 heteroatoms. The third kappa shape index (κ3) is 3.52. The van der Waals surface area contributed by atoms with Gasteiger partial charge in [0.25, 0.3) is 5.56 Å². The number of fused-ring (bicyclic) bond motifs is 1. The van der Waals surface area contributed by atoms with Crippen LogP contribution in [0, 0.1) is 20.8 Å². The molecule has 5 nitrogen and oxygen atoms in total. The molecule has 0 spiro atoms. The second kappa shape index (κ2) is 7.89. The van der Waals surface area contributed by atoms with Gasteiger partial charge in [-0.1, -0.05) is 31.2 Å². The SMILES string of the molecule is CCC(C(=O)Nc1cc(C)ccc1C)n1c(=O)cc(C)c2cccc(OC)c21. The van der Waals surface area contributed by atoms with Gasteiger partial charge in [0.15, 0.2) is 0 Å². The van der Waals surface area contributed by atoms with E-state index in [4.69, 9.17) is 4.74 Å². The number of nitrogens with zero attached hydrogens (tertiary/aromatic N) is 1. The molecule has 0 fully saturated rings. The van der Waals surface area contributed by atoms with E-state index in [-0.39, 0.29) is 11.5 Å². The van der Waals surface area contributed by atoms with Gasteiger partial charge in [-0.2, -0.15) is 0 Å². The van der Waals surface area contributed by atoms with E-state index in [0.717, 1.165) is 27.8 Å². The second-order valence-corrected chi connectivity index (χ2v) is 7.12. The number of aromatic nitrogens is 1. The number of para-hydroxylation sites is 1. The summed E-state index contributed by atoms with van der Waals surface area (Å²) in [4.78, 5) is 26.1. The molecule has 1 atom stereocenters. The van der Waals surface area contributed by atoms with Gasteiger partial charge in [-0.05, 0) is 56.0 Å². The van der Waals surface area contributed by atoms with Crippen molar-refractivity contribution >= 4 is 22.5 Å². The summed E-state index contributed by atoms with van der Waals surface area (Å²) in [6.45, 7) is 7.73. The summed E-state index contributed by atoms with van der Waals surface area (Å²) >= 11 is 0. The molecule has 1 N–H and O–H groups in total. The van der Waals surface area contributed by atoms with Crippen molar-refractivity contribution in [2.45, 2.75) is 40.2 Å². The topological polar surface area (TPSA) is 60.3 Å². The molecule has 0 aliphatic rings. The Morgan fingerprint density at radius 3 is 2.54 bits per heavy atom. The number of methoxy groups -OCH3 is 1. The number of rotatable bonds is 5. The number of pyridine rings is 1. The Labute approximate surface area is 165 Å². The van der Waals surface area contributed by atoms with E-state index in [1.54, 1.807) is 17.7 Å². The van der Waals surface area contributed by atoms with Crippen LogP contribution in [-0.4, -0.2) is 17.6 Å². The average Bonchev–Trinajstić information content (AvgIpc) is 2.67. The summed E-state index contributed by atoms with van der Waals surface area (Å²) < 4.78 is 7.07. The van der Waals surface area contributed by atoms with Crippen molar-refractivity contribution in [3.8, 4) is 5.75 Å². The highest BCUT2D eigenvalue weighted by Crippen LogP contribution is 2.30. The number of carbonyl (C=O) groups is 1. The van der Waals surface area contributed by atoms with Crippen LogP contribution in [0.25, 0.3) is 10.9 Å². The quantitative estimate of drug-likeness (QED) is 0.710. The van der Waals surface area contributed by atoms with Crippen molar-refractivity contribution in [2.24, 2.45) is 0 Å². The lowest BCUT2D eigenvalue weighted by Gasteiger charge is -2.22. The summed E-state index contributed by atoms with van der Waals surface area (Å²) in [5, 5.41) is 3.91. The summed E-state index contributed by atoms with van der Waals surface area (Å²) in [5.41, 5.74) is 4.11. The van der Waals surface area contributed by atoms with Gasteiger partial charge in [0.1, 0.15) is 11.8 Å². The van der Waals surface area contributed by atoms with Crippen molar-refractivity contribution < 1.29 is 9.53 Å². The molecular formula is C23H26N2O3. The molecule has 0 saturated carbocycles. The fourth-order valence-corrected chi connectivity index (χ4v) is 3.58. The number of amides is 1. The maximum atomic E-state index is 13.2. The van der Waals surface area contributed by atoms with Gasteiger partial charge >= 0.3 is 0 Å². The molecule has 1 unspecified atom stereocenters. The summed E-state index contributed by atoms with van der Waals surface area (Å²) in [5.74, 6) is 0.366. The van der Waals surface area contributed by atoms with Crippen LogP contribution in [0.15, 0.2) is 47.3 Å². The normalized spacial score (nSPS) is 12.0. The fraction of sp³-hybridized carbons (Fsp3) is 0.304. The predicted octanol–water partition coefficient (Wildman–Crippen LogP) is 4.53. The maximum Gasteiger partial charge on any atom is 0.252 e. The Bertz CT molecular complexity index is 1100. The third-order valence-electron chi connectivity index (χ3n) is 5.11. The van der Waals surface area contributed by atoms with E-state index in [1.807, 2.05) is 64.1 Å². The Morgan fingerprint density at radius 1 is 1.11 bits per heavy atom. The van der Waals surface area contributed by atoms with Gasteiger partial charge in [-0.15, -0.1) is 0 Å². The van der Waals surface area contributed by atoms with Crippen LogP contribution in [0.3, 0.4) is 0 Å². The van der Waals surface area contributed by atoms with Gasteiger partial charge in [0.2, 0.25) is 5.91 Å². The number of carbonyl (C=O) groups excluding carboxylic acids is 1. The van der Waals surface area contributed by atoms with E-state index in [9.17, 15) is 9.59 Å².